The molecular weight excluding hydrogens is 262 g/mol. The van der Waals surface area contributed by atoms with E-state index in [2.05, 4.69) is 12.2 Å². The lowest BCUT2D eigenvalue weighted by Gasteiger charge is -2.26. The minimum atomic E-state index is -0.448. The van der Waals surface area contributed by atoms with Crippen LogP contribution in [-0.4, -0.2) is 30.9 Å². The van der Waals surface area contributed by atoms with Crippen molar-refractivity contribution in [1.82, 2.24) is 5.32 Å². The van der Waals surface area contributed by atoms with Crippen molar-refractivity contribution < 1.29 is 9.84 Å². The van der Waals surface area contributed by atoms with Gasteiger partial charge in [0, 0.05) is 6.54 Å². The molecule has 3 nitrogen and oxygen atoms in total. The van der Waals surface area contributed by atoms with E-state index in [1.165, 1.54) is 32.1 Å². The molecule has 1 aromatic carbocycles. The third-order valence-electron chi connectivity index (χ3n) is 4.43. The molecule has 0 bridgehead atoms. The lowest BCUT2D eigenvalue weighted by molar-refractivity contribution is 0.106. The molecule has 0 amide bonds. The molecule has 0 heterocycles. The summed E-state index contributed by atoms with van der Waals surface area (Å²) in [6.45, 7) is 4.31. The van der Waals surface area contributed by atoms with E-state index in [4.69, 9.17) is 4.74 Å². The highest BCUT2D eigenvalue weighted by atomic mass is 16.5. The summed E-state index contributed by atoms with van der Waals surface area (Å²) < 4.78 is 5.54. The van der Waals surface area contributed by atoms with Gasteiger partial charge in [-0.25, -0.2) is 0 Å². The van der Waals surface area contributed by atoms with E-state index in [1.807, 2.05) is 30.3 Å². The van der Waals surface area contributed by atoms with Crippen molar-refractivity contribution in [3.63, 3.8) is 0 Å². The van der Waals surface area contributed by atoms with Gasteiger partial charge >= 0.3 is 0 Å². The Bertz CT molecular complexity index is 374. The second kappa shape index (κ2) is 9.06. The van der Waals surface area contributed by atoms with Gasteiger partial charge < -0.3 is 15.2 Å². The second-order valence-corrected chi connectivity index (χ2v) is 6.40. The van der Waals surface area contributed by atoms with E-state index in [9.17, 15) is 5.11 Å². The fourth-order valence-electron chi connectivity index (χ4n) is 2.96. The lowest BCUT2D eigenvalue weighted by atomic mass is 9.81. The van der Waals surface area contributed by atoms with Crippen molar-refractivity contribution in [2.45, 2.75) is 45.1 Å². The molecule has 1 aliphatic carbocycles. The summed E-state index contributed by atoms with van der Waals surface area (Å²) in [6.07, 6.45) is 6.32. The number of rotatable bonds is 8. The van der Waals surface area contributed by atoms with Gasteiger partial charge in [-0.15, -0.1) is 0 Å². The number of hydrogen-bond acceptors (Lipinski definition) is 3. The van der Waals surface area contributed by atoms with E-state index in [1.54, 1.807) is 0 Å². The maximum atomic E-state index is 9.89. The molecule has 1 saturated carbocycles. The normalized spacial score (nSPS) is 23.7. The van der Waals surface area contributed by atoms with Gasteiger partial charge in [-0.1, -0.05) is 50.8 Å². The van der Waals surface area contributed by atoms with E-state index in [0.29, 0.717) is 13.2 Å². The number of ether oxygens (including phenoxy) is 1. The van der Waals surface area contributed by atoms with Crippen molar-refractivity contribution in [2.75, 3.05) is 19.7 Å². The molecule has 0 aromatic heterocycles. The molecular formula is C18H29NO2. The van der Waals surface area contributed by atoms with Crippen LogP contribution >= 0.6 is 0 Å². The van der Waals surface area contributed by atoms with Crippen LogP contribution in [0.5, 0.6) is 5.75 Å². The van der Waals surface area contributed by atoms with Crippen molar-refractivity contribution in [1.29, 1.82) is 0 Å². The van der Waals surface area contributed by atoms with Gasteiger partial charge in [-0.3, -0.25) is 0 Å². The molecule has 0 radical (unpaired) electrons. The fraction of sp³-hybridized carbons (Fsp3) is 0.667. The standard InChI is InChI=1S/C18H29NO2/c1-15-7-9-16(10-8-15)11-12-19-13-17(20)14-21-18-5-3-2-4-6-18/h2-6,15-17,19-20H,7-14H2,1H3. The predicted octanol–water partition coefficient (Wildman–Crippen LogP) is 3.23. The summed E-state index contributed by atoms with van der Waals surface area (Å²) in [6, 6.07) is 9.64. The number of para-hydroxylation sites is 1. The van der Waals surface area contributed by atoms with E-state index < -0.39 is 6.10 Å². The van der Waals surface area contributed by atoms with E-state index in [0.717, 1.165) is 24.1 Å². The molecule has 2 rings (SSSR count). The van der Waals surface area contributed by atoms with Crippen LogP contribution < -0.4 is 10.1 Å². The first-order chi connectivity index (χ1) is 10.2. The van der Waals surface area contributed by atoms with Crippen LogP contribution in [0.3, 0.4) is 0 Å². The summed E-state index contributed by atoms with van der Waals surface area (Å²) in [4.78, 5) is 0. The van der Waals surface area contributed by atoms with Crippen LogP contribution in [0.25, 0.3) is 0 Å². The van der Waals surface area contributed by atoms with Gasteiger partial charge in [0.15, 0.2) is 0 Å². The number of aliphatic hydroxyl groups excluding tert-OH is 1. The predicted molar refractivity (Wildman–Crippen MR) is 86.6 cm³/mol. The molecule has 1 aliphatic rings. The van der Waals surface area contributed by atoms with Crippen molar-refractivity contribution >= 4 is 0 Å². The minimum absolute atomic E-state index is 0.345. The molecule has 0 aliphatic heterocycles. The van der Waals surface area contributed by atoms with Crippen LogP contribution in [0, 0.1) is 11.8 Å². The zero-order chi connectivity index (χ0) is 14.9. The zero-order valence-corrected chi connectivity index (χ0v) is 13.1. The van der Waals surface area contributed by atoms with Crippen LogP contribution in [-0.2, 0) is 0 Å². The number of hydrogen-bond donors (Lipinski definition) is 2. The summed E-state index contributed by atoms with van der Waals surface area (Å²) in [5.41, 5.74) is 0. The van der Waals surface area contributed by atoms with E-state index >= 15 is 0 Å². The van der Waals surface area contributed by atoms with Crippen LogP contribution in [0.15, 0.2) is 30.3 Å². The van der Waals surface area contributed by atoms with Crippen molar-refractivity contribution in [3.05, 3.63) is 30.3 Å². The average molecular weight is 291 g/mol. The van der Waals surface area contributed by atoms with Crippen LogP contribution in [0.4, 0.5) is 0 Å². The molecule has 118 valence electrons. The molecule has 1 unspecified atom stereocenters. The third kappa shape index (κ3) is 6.49. The minimum Gasteiger partial charge on any atom is -0.491 e. The Kier molecular flexibility index (Phi) is 7.04. The van der Waals surface area contributed by atoms with Gasteiger partial charge in [0.05, 0.1) is 0 Å². The number of nitrogens with one attached hydrogen (secondary N) is 1. The monoisotopic (exact) mass is 291 g/mol. The highest BCUT2D eigenvalue weighted by Gasteiger charge is 2.17. The van der Waals surface area contributed by atoms with Crippen molar-refractivity contribution in [2.24, 2.45) is 11.8 Å². The SMILES string of the molecule is CC1CCC(CCNCC(O)COc2ccccc2)CC1. The van der Waals surface area contributed by atoms with Gasteiger partial charge in [0.25, 0.3) is 0 Å². The summed E-state index contributed by atoms with van der Waals surface area (Å²) in [5, 5.41) is 13.2. The Morgan fingerprint density at radius 2 is 1.90 bits per heavy atom. The van der Waals surface area contributed by atoms with Crippen LogP contribution in [0.1, 0.15) is 39.0 Å². The van der Waals surface area contributed by atoms with Crippen molar-refractivity contribution in [3.8, 4) is 5.75 Å². The molecule has 1 fully saturated rings. The number of benzene rings is 1. The topological polar surface area (TPSA) is 41.5 Å². The molecule has 1 aromatic rings. The Morgan fingerprint density at radius 1 is 1.19 bits per heavy atom. The summed E-state index contributed by atoms with van der Waals surface area (Å²) >= 11 is 0. The Morgan fingerprint density at radius 3 is 2.62 bits per heavy atom. The first kappa shape index (κ1) is 16.3. The largest absolute Gasteiger partial charge is 0.491 e. The summed E-state index contributed by atoms with van der Waals surface area (Å²) in [7, 11) is 0. The first-order valence-corrected chi connectivity index (χ1v) is 8.30. The molecule has 0 saturated heterocycles. The van der Waals surface area contributed by atoms with E-state index in [-0.39, 0.29) is 0 Å². The van der Waals surface area contributed by atoms with Gasteiger partial charge in [0.2, 0.25) is 0 Å². The molecule has 2 N–H and O–H groups in total. The fourth-order valence-corrected chi connectivity index (χ4v) is 2.96. The molecule has 3 heteroatoms. The lowest BCUT2D eigenvalue weighted by Crippen LogP contribution is -2.32. The van der Waals surface area contributed by atoms with Gasteiger partial charge in [-0.2, -0.15) is 0 Å². The first-order valence-electron chi connectivity index (χ1n) is 8.30. The third-order valence-corrected chi connectivity index (χ3v) is 4.43. The highest BCUT2D eigenvalue weighted by Crippen LogP contribution is 2.29. The molecule has 0 spiro atoms. The zero-order valence-electron chi connectivity index (χ0n) is 13.1. The van der Waals surface area contributed by atoms with Gasteiger partial charge in [-0.05, 0) is 36.9 Å². The molecule has 21 heavy (non-hydrogen) atoms. The maximum Gasteiger partial charge on any atom is 0.119 e. The van der Waals surface area contributed by atoms with Crippen LogP contribution in [0.2, 0.25) is 0 Å². The smallest absolute Gasteiger partial charge is 0.119 e. The Balaban J connectivity index is 1.50. The second-order valence-electron chi connectivity index (χ2n) is 6.40. The highest BCUT2D eigenvalue weighted by molar-refractivity contribution is 5.20. The average Bonchev–Trinajstić information content (AvgIpc) is 2.52. The Labute approximate surface area is 128 Å². The Hall–Kier alpha value is -1.06. The number of aliphatic hydroxyl groups is 1. The molecule has 1 atom stereocenters. The van der Waals surface area contributed by atoms with Gasteiger partial charge in [0.1, 0.15) is 18.5 Å². The maximum absolute atomic E-state index is 9.89. The summed E-state index contributed by atoms with van der Waals surface area (Å²) in [5.74, 6) is 2.62. The quantitative estimate of drug-likeness (QED) is 0.723.